The summed E-state index contributed by atoms with van der Waals surface area (Å²) in [5.41, 5.74) is 0. The SMILES string of the molecule is C=CC[Si](O)(CC=C)O[Si](O)(CC=C)CC=C. The highest BCUT2D eigenvalue weighted by Gasteiger charge is 2.42. The number of rotatable bonds is 10. The summed E-state index contributed by atoms with van der Waals surface area (Å²) in [6.07, 6.45) is 6.47. The van der Waals surface area contributed by atoms with Gasteiger partial charge in [0.2, 0.25) is 0 Å². The van der Waals surface area contributed by atoms with Crippen molar-refractivity contribution in [2.45, 2.75) is 24.2 Å². The lowest BCUT2D eigenvalue weighted by molar-refractivity contribution is 0.306. The van der Waals surface area contributed by atoms with Crippen molar-refractivity contribution in [1.82, 2.24) is 0 Å². The number of hydrogen-bond donors (Lipinski definition) is 2. The summed E-state index contributed by atoms with van der Waals surface area (Å²) < 4.78 is 5.69. The Balaban J connectivity index is 4.88. The van der Waals surface area contributed by atoms with Crippen LogP contribution in [0.2, 0.25) is 24.2 Å². The first-order valence-electron chi connectivity index (χ1n) is 5.54. The quantitative estimate of drug-likeness (QED) is 0.474. The smallest absolute Gasteiger partial charge is 0.334 e. The molecule has 0 rings (SSSR count). The van der Waals surface area contributed by atoms with E-state index in [4.69, 9.17) is 4.12 Å². The zero-order chi connectivity index (χ0) is 13.4. The molecule has 2 N–H and O–H groups in total. The van der Waals surface area contributed by atoms with Gasteiger partial charge in [0.25, 0.3) is 0 Å². The van der Waals surface area contributed by atoms with Crippen molar-refractivity contribution in [1.29, 1.82) is 0 Å². The maximum absolute atomic E-state index is 10.4. The topological polar surface area (TPSA) is 49.7 Å². The van der Waals surface area contributed by atoms with Crippen molar-refractivity contribution in [3.8, 4) is 0 Å². The van der Waals surface area contributed by atoms with E-state index in [1.54, 1.807) is 24.3 Å². The summed E-state index contributed by atoms with van der Waals surface area (Å²) in [7, 11) is -5.96. The molecule has 0 saturated carbocycles. The van der Waals surface area contributed by atoms with Gasteiger partial charge in [-0.1, -0.05) is 24.3 Å². The van der Waals surface area contributed by atoms with Gasteiger partial charge < -0.3 is 13.7 Å². The summed E-state index contributed by atoms with van der Waals surface area (Å²) in [6.45, 7) is 14.4. The van der Waals surface area contributed by atoms with Crippen molar-refractivity contribution >= 4 is 17.1 Å². The molecule has 0 aliphatic carbocycles. The molecule has 0 amide bonds. The molecule has 0 fully saturated rings. The van der Waals surface area contributed by atoms with Crippen LogP contribution in [0.3, 0.4) is 0 Å². The van der Waals surface area contributed by atoms with E-state index in [0.29, 0.717) is 24.2 Å². The second-order valence-electron chi connectivity index (χ2n) is 3.97. The first-order chi connectivity index (χ1) is 7.95. The van der Waals surface area contributed by atoms with E-state index < -0.39 is 17.1 Å². The monoisotopic (exact) mass is 270 g/mol. The molecule has 0 unspecified atom stereocenters. The van der Waals surface area contributed by atoms with Crippen LogP contribution in [0.25, 0.3) is 0 Å². The standard InChI is InChI=1S/C12H22O3Si2/c1-5-9-16(13,10-6-2)15-17(14,11-7-3)12-8-4/h5-8,13-14H,1-4,9-12H2. The van der Waals surface area contributed by atoms with Crippen molar-refractivity contribution in [3.63, 3.8) is 0 Å². The van der Waals surface area contributed by atoms with Crippen LogP contribution in [0.15, 0.2) is 50.6 Å². The van der Waals surface area contributed by atoms with Crippen LogP contribution in [-0.2, 0) is 4.12 Å². The lowest BCUT2D eigenvalue weighted by atomic mass is 10.7. The van der Waals surface area contributed by atoms with Gasteiger partial charge in [0.15, 0.2) is 0 Å². The fraction of sp³-hybridized carbons (Fsp3) is 0.333. The highest BCUT2D eigenvalue weighted by molar-refractivity contribution is 6.80. The molecular formula is C12H22O3Si2. The Morgan fingerprint density at radius 1 is 0.706 bits per heavy atom. The van der Waals surface area contributed by atoms with Crippen LogP contribution in [-0.4, -0.2) is 26.7 Å². The predicted octanol–water partition coefficient (Wildman–Crippen LogP) is 2.62. The van der Waals surface area contributed by atoms with Gasteiger partial charge in [0.05, 0.1) is 0 Å². The molecule has 17 heavy (non-hydrogen) atoms. The molecule has 0 spiro atoms. The molecular weight excluding hydrogens is 248 g/mol. The van der Waals surface area contributed by atoms with Crippen LogP contribution >= 0.6 is 0 Å². The summed E-state index contributed by atoms with van der Waals surface area (Å²) in [5, 5.41) is 0. The van der Waals surface area contributed by atoms with E-state index >= 15 is 0 Å². The van der Waals surface area contributed by atoms with Gasteiger partial charge in [-0.15, -0.1) is 26.3 Å². The van der Waals surface area contributed by atoms with E-state index in [1.807, 2.05) is 0 Å². The van der Waals surface area contributed by atoms with E-state index in [2.05, 4.69) is 26.3 Å². The second-order valence-corrected chi connectivity index (χ2v) is 10.2. The van der Waals surface area contributed by atoms with Crippen LogP contribution < -0.4 is 0 Å². The molecule has 0 aromatic heterocycles. The van der Waals surface area contributed by atoms with Crippen molar-refractivity contribution in [2.75, 3.05) is 0 Å². The Morgan fingerprint density at radius 3 is 1.12 bits per heavy atom. The van der Waals surface area contributed by atoms with Crippen LogP contribution in [0.5, 0.6) is 0 Å². The molecule has 0 heterocycles. The lowest BCUT2D eigenvalue weighted by Crippen LogP contribution is -2.51. The molecule has 0 atom stereocenters. The first kappa shape index (κ1) is 16.3. The van der Waals surface area contributed by atoms with E-state index in [1.165, 1.54) is 0 Å². The van der Waals surface area contributed by atoms with Crippen molar-refractivity contribution in [2.24, 2.45) is 0 Å². The Labute approximate surface area is 106 Å². The summed E-state index contributed by atoms with van der Waals surface area (Å²) in [4.78, 5) is 20.8. The summed E-state index contributed by atoms with van der Waals surface area (Å²) in [6, 6.07) is 1.51. The van der Waals surface area contributed by atoms with Gasteiger partial charge in [-0.05, 0) is 0 Å². The van der Waals surface area contributed by atoms with Crippen LogP contribution in [0.1, 0.15) is 0 Å². The minimum atomic E-state index is -2.98. The zero-order valence-electron chi connectivity index (χ0n) is 10.3. The maximum atomic E-state index is 10.4. The normalized spacial score (nSPS) is 11.9. The first-order valence-corrected chi connectivity index (χ1v) is 10.1. The molecule has 3 nitrogen and oxygen atoms in total. The van der Waals surface area contributed by atoms with Gasteiger partial charge in [0, 0.05) is 24.2 Å². The minimum absolute atomic E-state index is 0.378. The van der Waals surface area contributed by atoms with Gasteiger partial charge in [-0.2, -0.15) is 0 Å². The summed E-state index contributed by atoms with van der Waals surface area (Å²) in [5.74, 6) is 0. The zero-order valence-corrected chi connectivity index (χ0v) is 12.3. The molecule has 0 bridgehead atoms. The molecule has 96 valence electrons. The maximum Gasteiger partial charge on any atom is 0.334 e. The fourth-order valence-corrected chi connectivity index (χ4v) is 7.89. The van der Waals surface area contributed by atoms with E-state index in [9.17, 15) is 9.59 Å². The lowest BCUT2D eigenvalue weighted by Gasteiger charge is -2.32. The van der Waals surface area contributed by atoms with Crippen molar-refractivity contribution in [3.05, 3.63) is 50.6 Å². The minimum Gasteiger partial charge on any atom is -0.414 e. The average Bonchev–Trinajstić information content (AvgIpc) is 2.17. The van der Waals surface area contributed by atoms with Crippen LogP contribution in [0.4, 0.5) is 0 Å². The van der Waals surface area contributed by atoms with E-state index in [0.717, 1.165) is 0 Å². The Hall–Kier alpha value is -0.726. The largest absolute Gasteiger partial charge is 0.414 e. The highest BCUT2D eigenvalue weighted by atomic mass is 28.5. The molecule has 0 aliphatic heterocycles. The Bertz CT molecular complexity index is 241. The number of hydrogen-bond acceptors (Lipinski definition) is 3. The third kappa shape index (κ3) is 5.95. The molecule has 0 saturated heterocycles. The van der Waals surface area contributed by atoms with Gasteiger partial charge >= 0.3 is 17.1 Å². The van der Waals surface area contributed by atoms with E-state index in [-0.39, 0.29) is 0 Å². The molecule has 0 aromatic carbocycles. The predicted molar refractivity (Wildman–Crippen MR) is 77.0 cm³/mol. The summed E-state index contributed by atoms with van der Waals surface area (Å²) >= 11 is 0. The molecule has 0 aliphatic rings. The molecule has 5 heteroatoms. The second kappa shape index (κ2) is 7.57. The fourth-order valence-electron chi connectivity index (χ4n) is 1.59. The third-order valence-electron chi connectivity index (χ3n) is 2.23. The van der Waals surface area contributed by atoms with Gasteiger partial charge in [-0.3, -0.25) is 0 Å². The van der Waals surface area contributed by atoms with Gasteiger partial charge in [-0.25, -0.2) is 0 Å². The number of allylic oxidation sites excluding steroid dienone is 4. The van der Waals surface area contributed by atoms with Crippen LogP contribution in [0, 0.1) is 0 Å². The van der Waals surface area contributed by atoms with Gasteiger partial charge in [0.1, 0.15) is 0 Å². The molecule has 0 aromatic rings. The Kier molecular flexibility index (Phi) is 7.25. The Morgan fingerprint density at radius 2 is 0.941 bits per heavy atom. The highest BCUT2D eigenvalue weighted by Crippen LogP contribution is 2.25. The van der Waals surface area contributed by atoms with Crippen molar-refractivity contribution < 1.29 is 13.7 Å². The third-order valence-corrected chi connectivity index (χ3v) is 8.98. The average molecular weight is 270 g/mol. The molecule has 0 radical (unpaired) electrons.